The van der Waals surface area contributed by atoms with Crippen LogP contribution in [0.25, 0.3) is 5.69 Å². The number of halogens is 1. The van der Waals surface area contributed by atoms with Gasteiger partial charge in [0.05, 0.1) is 5.69 Å². The van der Waals surface area contributed by atoms with Crippen LogP contribution in [0.3, 0.4) is 0 Å². The monoisotopic (exact) mass is 346 g/mol. The third-order valence-corrected chi connectivity index (χ3v) is 4.88. The number of carbonyl (C=O) groups is 1. The van der Waals surface area contributed by atoms with Crippen molar-refractivity contribution in [3.63, 3.8) is 0 Å². The number of aromatic nitrogens is 2. The molecule has 1 aliphatic carbocycles. The Morgan fingerprint density at radius 3 is 2.67 bits per heavy atom. The van der Waals surface area contributed by atoms with Crippen molar-refractivity contribution in [1.82, 2.24) is 20.0 Å². The first-order valence-electron chi connectivity index (χ1n) is 8.42. The van der Waals surface area contributed by atoms with E-state index in [0.29, 0.717) is 5.69 Å². The molecule has 6 heteroatoms. The molecule has 1 fully saturated rings. The van der Waals surface area contributed by atoms with Gasteiger partial charge in [0, 0.05) is 37.4 Å². The molecule has 1 N–H and O–H groups in total. The zero-order chi connectivity index (χ0) is 15.8. The summed E-state index contributed by atoms with van der Waals surface area (Å²) >= 11 is 0. The summed E-state index contributed by atoms with van der Waals surface area (Å²) in [5.41, 5.74) is 5.33. The fourth-order valence-corrected chi connectivity index (χ4v) is 3.63. The molecule has 0 radical (unpaired) electrons. The predicted molar refractivity (Wildman–Crippen MR) is 96.3 cm³/mol. The molecule has 0 unspecified atom stereocenters. The Morgan fingerprint density at radius 2 is 1.92 bits per heavy atom. The largest absolute Gasteiger partial charge is 0.335 e. The molecule has 128 valence electrons. The van der Waals surface area contributed by atoms with Crippen LogP contribution in [0.1, 0.15) is 33.7 Å². The summed E-state index contributed by atoms with van der Waals surface area (Å²) in [4.78, 5) is 14.8. The number of amides is 1. The summed E-state index contributed by atoms with van der Waals surface area (Å²) in [6.45, 7) is 5.37. The van der Waals surface area contributed by atoms with Gasteiger partial charge in [-0.3, -0.25) is 4.79 Å². The van der Waals surface area contributed by atoms with Gasteiger partial charge < -0.3 is 10.2 Å². The van der Waals surface area contributed by atoms with E-state index in [0.717, 1.165) is 56.7 Å². The molecule has 5 nitrogen and oxygen atoms in total. The lowest BCUT2D eigenvalue weighted by Gasteiger charge is -2.26. The van der Waals surface area contributed by atoms with Gasteiger partial charge in [-0.15, -0.1) is 12.4 Å². The molecule has 1 amide bonds. The number of piperazine rings is 1. The Balaban J connectivity index is 0.00000169. The molecule has 0 atom stereocenters. The standard InChI is InChI=1S/C18H22N4O.ClH/c1-13-5-2-3-7-15(13)22-16-8-4-6-14(16)17(20-22)18(23)21-11-9-19-10-12-21;/h2-3,5,7,19H,4,6,8-12H2,1H3;1H. The molecule has 4 rings (SSSR count). The summed E-state index contributed by atoms with van der Waals surface area (Å²) < 4.78 is 2.01. The summed E-state index contributed by atoms with van der Waals surface area (Å²) in [6.07, 6.45) is 3.08. The first-order valence-corrected chi connectivity index (χ1v) is 8.42. The van der Waals surface area contributed by atoms with Gasteiger partial charge in [-0.05, 0) is 37.8 Å². The van der Waals surface area contributed by atoms with Gasteiger partial charge in [0.15, 0.2) is 5.69 Å². The highest BCUT2D eigenvalue weighted by Gasteiger charge is 2.30. The molecular formula is C18H23ClN4O. The summed E-state index contributed by atoms with van der Waals surface area (Å²) in [5.74, 6) is 0.0944. The predicted octanol–water partition coefficient (Wildman–Crippen LogP) is 2.14. The van der Waals surface area contributed by atoms with Crippen LogP contribution in [0.15, 0.2) is 24.3 Å². The minimum atomic E-state index is 0. The van der Waals surface area contributed by atoms with E-state index in [1.54, 1.807) is 0 Å². The number of hydrogen-bond donors (Lipinski definition) is 1. The van der Waals surface area contributed by atoms with Crippen LogP contribution < -0.4 is 5.32 Å². The highest BCUT2D eigenvalue weighted by Crippen LogP contribution is 2.29. The number of benzene rings is 1. The van der Waals surface area contributed by atoms with Gasteiger partial charge in [0.25, 0.3) is 5.91 Å². The third-order valence-electron chi connectivity index (χ3n) is 4.88. The van der Waals surface area contributed by atoms with E-state index in [-0.39, 0.29) is 18.3 Å². The zero-order valence-corrected chi connectivity index (χ0v) is 14.7. The van der Waals surface area contributed by atoms with Gasteiger partial charge >= 0.3 is 0 Å². The zero-order valence-electron chi connectivity index (χ0n) is 13.9. The molecule has 0 saturated carbocycles. The smallest absolute Gasteiger partial charge is 0.274 e. The Hall–Kier alpha value is -1.85. The number of rotatable bonds is 2. The molecule has 1 aliphatic heterocycles. The summed E-state index contributed by atoms with van der Waals surface area (Å²) in [5, 5.41) is 8.04. The maximum atomic E-state index is 12.9. The first kappa shape index (κ1) is 17.0. The Bertz CT molecular complexity index is 749. The Morgan fingerprint density at radius 1 is 1.17 bits per heavy atom. The molecule has 0 bridgehead atoms. The highest BCUT2D eigenvalue weighted by atomic mass is 35.5. The Labute approximate surface area is 148 Å². The molecule has 2 aliphatic rings. The van der Waals surface area contributed by atoms with E-state index in [9.17, 15) is 4.79 Å². The number of para-hydroxylation sites is 1. The molecule has 1 aromatic carbocycles. The van der Waals surface area contributed by atoms with Crippen LogP contribution in [0.2, 0.25) is 0 Å². The second-order valence-corrected chi connectivity index (χ2v) is 6.37. The van der Waals surface area contributed by atoms with Crippen molar-refractivity contribution < 1.29 is 4.79 Å². The number of fused-ring (bicyclic) bond motifs is 1. The maximum absolute atomic E-state index is 12.9. The highest BCUT2D eigenvalue weighted by molar-refractivity contribution is 5.94. The lowest BCUT2D eigenvalue weighted by molar-refractivity contribution is 0.0728. The third kappa shape index (κ3) is 2.82. The average molecular weight is 347 g/mol. The Kier molecular flexibility index (Phi) is 4.92. The van der Waals surface area contributed by atoms with Crippen molar-refractivity contribution in [1.29, 1.82) is 0 Å². The van der Waals surface area contributed by atoms with Crippen LogP contribution in [-0.4, -0.2) is 46.8 Å². The van der Waals surface area contributed by atoms with Crippen LogP contribution in [0.5, 0.6) is 0 Å². The van der Waals surface area contributed by atoms with Crippen molar-refractivity contribution in [2.75, 3.05) is 26.2 Å². The van der Waals surface area contributed by atoms with Crippen molar-refractivity contribution in [2.24, 2.45) is 0 Å². The van der Waals surface area contributed by atoms with Crippen molar-refractivity contribution in [2.45, 2.75) is 26.2 Å². The van der Waals surface area contributed by atoms with Gasteiger partial charge in [0.2, 0.25) is 0 Å². The number of hydrogen-bond acceptors (Lipinski definition) is 3. The molecule has 0 spiro atoms. The van der Waals surface area contributed by atoms with Gasteiger partial charge in [-0.25, -0.2) is 4.68 Å². The fourth-order valence-electron chi connectivity index (χ4n) is 3.63. The van der Waals surface area contributed by atoms with Gasteiger partial charge in [0.1, 0.15) is 0 Å². The molecule has 1 aromatic heterocycles. The van der Waals surface area contributed by atoms with Crippen LogP contribution >= 0.6 is 12.4 Å². The number of aryl methyl sites for hydroxylation is 1. The average Bonchev–Trinajstić information content (AvgIpc) is 3.18. The van der Waals surface area contributed by atoms with Gasteiger partial charge in [-0.2, -0.15) is 5.10 Å². The maximum Gasteiger partial charge on any atom is 0.274 e. The van der Waals surface area contributed by atoms with Crippen LogP contribution in [0.4, 0.5) is 0 Å². The van der Waals surface area contributed by atoms with Crippen LogP contribution in [0, 0.1) is 6.92 Å². The summed E-state index contributed by atoms with van der Waals surface area (Å²) in [6, 6.07) is 8.24. The normalized spacial score (nSPS) is 16.6. The van der Waals surface area contributed by atoms with Crippen molar-refractivity contribution in [3.8, 4) is 5.69 Å². The minimum absolute atomic E-state index is 0. The first-order chi connectivity index (χ1) is 11.3. The second-order valence-electron chi connectivity index (χ2n) is 6.37. The quantitative estimate of drug-likeness (QED) is 0.906. The van der Waals surface area contributed by atoms with Crippen molar-refractivity contribution >= 4 is 18.3 Å². The van der Waals surface area contributed by atoms with E-state index < -0.39 is 0 Å². The molecule has 24 heavy (non-hydrogen) atoms. The molecule has 2 aromatic rings. The van der Waals surface area contributed by atoms with E-state index in [2.05, 4.69) is 24.4 Å². The number of nitrogens with one attached hydrogen (secondary N) is 1. The van der Waals surface area contributed by atoms with E-state index in [1.807, 2.05) is 21.7 Å². The SMILES string of the molecule is Cc1ccccc1-n1nc(C(=O)N2CCNCC2)c2c1CCC2.Cl. The fraction of sp³-hybridized carbons (Fsp3) is 0.444. The molecule has 2 heterocycles. The van der Waals surface area contributed by atoms with E-state index >= 15 is 0 Å². The van der Waals surface area contributed by atoms with E-state index in [1.165, 1.54) is 11.3 Å². The molecular weight excluding hydrogens is 324 g/mol. The lowest BCUT2D eigenvalue weighted by Crippen LogP contribution is -2.46. The van der Waals surface area contributed by atoms with Crippen LogP contribution in [-0.2, 0) is 12.8 Å². The summed E-state index contributed by atoms with van der Waals surface area (Å²) in [7, 11) is 0. The number of carbonyl (C=O) groups excluding carboxylic acids is 1. The van der Waals surface area contributed by atoms with E-state index in [4.69, 9.17) is 5.10 Å². The lowest BCUT2D eigenvalue weighted by atomic mass is 10.1. The minimum Gasteiger partial charge on any atom is -0.335 e. The van der Waals surface area contributed by atoms with Crippen molar-refractivity contribution in [3.05, 3.63) is 46.8 Å². The second kappa shape index (κ2) is 6.95. The topological polar surface area (TPSA) is 50.2 Å². The van der Waals surface area contributed by atoms with Gasteiger partial charge in [-0.1, -0.05) is 18.2 Å². The number of nitrogens with zero attached hydrogens (tertiary/aromatic N) is 3. The molecule has 1 saturated heterocycles.